The Labute approximate surface area is 110 Å². The highest BCUT2D eigenvalue weighted by Gasteiger charge is 2.21. The molecule has 1 aromatic carbocycles. The van der Waals surface area contributed by atoms with E-state index >= 15 is 0 Å². The standard InChI is InChI=1S/C14H15N3O2/c1-8-2-4-10-13(6-8)16-12-5-3-9(17(18)19)7-11(12)14(10)15/h3,5,7-8H,2,4,6H2,1H3,(H2,15,16). The lowest BCUT2D eigenvalue weighted by Gasteiger charge is -2.22. The third kappa shape index (κ3) is 1.91. The van der Waals surface area contributed by atoms with Crippen molar-refractivity contribution in [1.82, 2.24) is 4.98 Å². The highest BCUT2D eigenvalue weighted by Crippen LogP contribution is 2.34. The van der Waals surface area contributed by atoms with Crippen LogP contribution in [0.2, 0.25) is 0 Å². The third-order valence-electron chi connectivity index (χ3n) is 3.84. The van der Waals surface area contributed by atoms with Gasteiger partial charge in [-0.05, 0) is 36.8 Å². The second-order valence-electron chi connectivity index (χ2n) is 5.26. The minimum Gasteiger partial charge on any atom is -0.398 e. The molecule has 2 N–H and O–H groups in total. The zero-order chi connectivity index (χ0) is 13.6. The number of fused-ring (bicyclic) bond motifs is 2. The maximum Gasteiger partial charge on any atom is 0.270 e. The number of non-ortho nitro benzene ring substituents is 1. The molecule has 0 fully saturated rings. The van der Waals surface area contributed by atoms with Gasteiger partial charge in [0, 0.05) is 28.9 Å². The first kappa shape index (κ1) is 11.9. The van der Waals surface area contributed by atoms with Gasteiger partial charge in [-0.25, -0.2) is 0 Å². The lowest BCUT2D eigenvalue weighted by molar-refractivity contribution is -0.384. The number of anilines is 1. The molecular formula is C14H15N3O2. The van der Waals surface area contributed by atoms with Gasteiger partial charge in [0.2, 0.25) is 0 Å². The van der Waals surface area contributed by atoms with Crippen molar-refractivity contribution in [2.75, 3.05) is 5.73 Å². The number of nitrogens with zero attached hydrogens (tertiary/aromatic N) is 2. The fourth-order valence-corrected chi connectivity index (χ4v) is 2.75. The molecule has 1 heterocycles. The Morgan fingerprint density at radius 3 is 3.00 bits per heavy atom. The van der Waals surface area contributed by atoms with Crippen molar-refractivity contribution in [2.24, 2.45) is 5.92 Å². The van der Waals surface area contributed by atoms with Crippen LogP contribution in [0.4, 0.5) is 11.4 Å². The maximum atomic E-state index is 10.8. The first-order chi connectivity index (χ1) is 9.06. The molecule has 3 rings (SSSR count). The fraction of sp³-hybridized carbons (Fsp3) is 0.357. The summed E-state index contributed by atoms with van der Waals surface area (Å²) in [6, 6.07) is 4.69. The fourth-order valence-electron chi connectivity index (χ4n) is 2.75. The number of hydrogen-bond acceptors (Lipinski definition) is 4. The second kappa shape index (κ2) is 4.19. The summed E-state index contributed by atoms with van der Waals surface area (Å²) in [5.74, 6) is 0.620. The molecule has 0 spiro atoms. The largest absolute Gasteiger partial charge is 0.398 e. The molecular weight excluding hydrogens is 242 g/mol. The van der Waals surface area contributed by atoms with E-state index in [9.17, 15) is 10.1 Å². The molecule has 1 unspecified atom stereocenters. The summed E-state index contributed by atoms with van der Waals surface area (Å²) in [5, 5.41) is 11.5. The lowest BCUT2D eigenvalue weighted by atomic mass is 9.86. The Bertz CT molecular complexity index is 682. The molecule has 1 aliphatic rings. The van der Waals surface area contributed by atoms with E-state index in [4.69, 9.17) is 5.73 Å². The molecule has 2 aromatic rings. The Morgan fingerprint density at radius 2 is 2.26 bits per heavy atom. The zero-order valence-corrected chi connectivity index (χ0v) is 10.7. The van der Waals surface area contributed by atoms with E-state index in [-0.39, 0.29) is 5.69 Å². The van der Waals surface area contributed by atoms with Crippen LogP contribution < -0.4 is 5.73 Å². The average Bonchev–Trinajstić information content (AvgIpc) is 2.38. The SMILES string of the molecule is CC1CCc2c(nc3ccc([N+](=O)[O-])cc3c2N)C1. The van der Waals surface area contributed by atoms with E-state index in [0.717, 1.165) is 36.0 Å². The highest BCUT2D eigenvalue weighted by molar-refractivity contribution is 5.93. The van der Waals surface area contributed by atoms with Gasteiger partial charge in [-0.1, -0.05) is 6.92 Å². The van der Waals surface area contributed by atoms with Gasteiger partial charge in [0.1, 0.15) is 0 Å². The van der Waals surface area contributed by atoms with Gasteiger partial charge in [0.25, 0.3) is 5.69 Å². The van der Waals surface area contributed by atoms with Crippen LogP contribution >= 0.6 is 0 Å². The molecule has 0 saturated carbocycles. The van der Waals surface area contributed by atoms with Gasteiger partial charge in [0.05, 0.1) is 10.4 Å². The molecule has 5 nitrogen and oxygen atoms in total. The van der Waals surface area contributed by atoms with Gasteiger partial charge in [-0.3, -0.25) is 15.1 Å². The summed E-state index contributed by atoms with van der Waals surface area (Å²) in [6.07, 6.45) is 2.94. The summed E-state index contributed by atoms with van der Waals surface area (Å²) < 4.78 is 0. The molecule has 0 bridgehead atoms. The van der Waals surface area contributed by atoms with Crippen molar-refractivity contribution in [3.8, 4) is 0 Å². The summed E-state index contributed by atoms with van der Waals surface area (Å²) in [7, 11) is 0. The van der Waals surface area contributed by atoms with Gasteiger partial charge >= 0.3 is 0 Å². The molecule has 0 radical (unpaired) electrons. The highest BCUT2D eigenvalue weighted by atomic mass is 16.6. The van der Waals surface area contributed by atoms with Crippen LogP contribution in [0, 0.1) is 16.0 Å². The van der Waals surface area contributed by atoms with Crippen molar-refractivity contribution < 1.29 is 4.92 Å². The van der Waals surface area contributed by atoms with Crippen LogP contribution in [0.25, 0.3) is 10.9 Å². The van der Waals surface area contributed by atoms with Gasteiger partial charge in [0.15, 0.2) is 0 Å². The van der Waals surface area contributed by atoms with Crippen molar-refractivity contribution in [1.29, 1.82) is 0 Å². The Kier molecular flexibility index (Phi) is 2.62. The average molecular weight is 257 g/mol. The summed E-state index contributed by atoms with van der Waals surface area (Å²) in [4.78, 5) is 15.1. The summed E-state index contributed by atoms with van der Waals surface area (Å²) in [5.41, 5.74) is 9.79. The van der Waals surface area contributed by atoms with Gasteiger partial charge in [-0.2, -0.15) is 0 Å². The van der Waals surface area contributed by atoms with E-state index in [0.29, 0.717) is 17.0 Å². The molecule has 0 amide bonds. The number of nitrogen functional groups attached to an aromatic ring is 1. The lowest BCUT2D eigenvalue weighted by Crippen LogP contribution is -2.15. The molecule has 5 heteroatoms. The normalized spacial score (nSPS) is 18.3. The zero-order valence-electron chi connectivity index (χ0n) is 10.7. The number of benzene rings is 1. The number of nitro groups is 1. The third-order valence-corrected chi connectivity index (χ3v) is 3.84. The van der Waals surface area contributed by atoms with Gasteiger partial charge < -0.3 is 5.73 Å². The van der Waals surface area contributed by atoms with Crippen molar-refractivity contribution >= 4 is 22.3 Å². The van der Waals surface area contributed by atoms with Crippen molar-refractivity contribution in [3.05, 3.63) is 39.6 Å². The van der Waals surface area contributed by atoms with E-state index in [1.165, 1.54) is 12.1 Å². The van der Waals surface area contributed by atoms with Crippen LogP contribution in [-0.4, -0.2) is 9.91 Å². The van der Waals surface area contributed by atoms with Crippen LogP contribution in [-0.2, 0) is 12.8 Å². The topological polar surface area (TPSA) is 82.0 Å². The molecule has 1 aliphatic carbocycles. The number of rotatable bonds is 1. The molecule has 98 valence electrons. The van der Waals surface area contributed by atoms with Crippen LogP contribution in [0.15, 0.2) is 18.2 Å². The van der Waals surface area contributed by atoms with Crippen molar-refractivity contribution in [2.45, 2.75) is 26.2 Å². The Hall–Kier alpha value is -2.17. The quantitative estimate of drug-likeness (QED) is 0.629. The summed E-state index contributed by atoms with van der Waals surface area (Å²) >= 11 is 0. The monoisotopic (exact) mass is 257 g/mol. The molecule has 19 heavy (non-hydrogen) atoms. The Balaban J connectivity index is 2.24. The Morgan fingerprint density at radius 1 is 1.47 bits per heavy atom. The first-order valence-electron chi connectivity index (χ1n) is 6.41. The molecule has 0 saturated heterocycles. The minimum atomic E-state index is -0.402. The van der Waals surface area contributed by atoms with Crippen molar-refractivity contribution in [3.63, 3.8) is 0 Å². The number of nitro benzene ring substituents is 1. The van der Waals surface area contributed by atoms with E-state index < -0.39 is 4.92 Å². The number of pyridine rings is 1. The van der Waals surface area contributed by atoms with Crippen LogP contribution in [0.5, 0.6) is 0 Å². The van der Waals surface area contributed by atoms with E-state index in [1.54, 1.807) is 6.07 Å². The van der Waals surface area contributed by atoms with Crippen LogP contribution in [0.3, 0.4) is 0 Å². The van der Waals surface area contributed by atoms with Crippen LogP contribution in [0.1, 0.15) is 24.6 Å². The van der Waals surface area contributed by atoms with E-state index in [1.807, 2.05) is 0 Å². The predicted molar refractivity (Wildman–Crippen MR) is 74.0 cm³/mol. The minimum absolute atomic E-state index is 0.0603. The number of hydrogen-bond donors (Lipinski definition) is 1. The number of aromatic nitrogens is 1. The summed E-state index contributed by atoms with van der Waals surface area (Å²) in [6.45, 7) is 2.21. The van der Waals surface area contributed by atoms with E-state index in [2.05, 4.69) is 11.9 Å². The predicted octanol–water partition coefficient (Wildman–Crippen LogP) is 2.85. The van der Waals surface area contributed by atoms with Gasteiger partial charge in [-0.15, -0.1) is 0 Å². The smallest absolute Gasteiger partial charge is 0.270 e. The molecule has 0 aliphatic heterocycles. The molecule has 1 aromatic heterocycles. The second-order valence-corrected chi connectivity index (χ2v) is 5.26. The maximum absolute atomic E-state index is 10.8. The number of nitrogens with two attached hydrogens (primary N) is 1. The first-order valence-corrected chi connectivity index (χ1v) is 6.41. The molecule has 1 atom stereocenters.